The third-order valence-electron chi connectivity index (χ3n) is 5.59. The van der Waals surface area contributed by atoms with E-state index in [0.717, 1.165) is 37.7 Å². The maximum atomic E-state index is 12.7. The van der Waals surface area contributed by atoms with Crippen molar-refractivity contribution in [1.82, 2.24) is 14.5 Å². The molecule has 0 radical (unpaired) electrons. The van der Waals surface area contributed by atoms with Crippen molar-refractivity contribution in [3.8, 4) is 0 Å². The highest BCUT2D eigenvalue weighted by Gasteiger charge is 2.29. The summed E-state index contributed by atoms with van der Waals surface area (Å²) in [6, 6.07) is 21.9. The molecule has 3 heterocycles. The molecule has 2 aliphatic rings. The highest BCUT2D eigenvalue weighted by atomic mass is 16.1. The van der Waals surface area contributed by atoms with Gasteiger partial charge in [0.15, 0.2) is 6.17 Å². The predicted molar refractivity (Wildman–Crippen MR) is 119 cm³/mol. The Kier molecular flexibility index (Phi) is 4.71. The van der Waals surface area contributed by atoms with Crippen molar-refractivity contribution in [2.24, 2.45) is 4.99 Å². The molecule has 1 unspecified atom stereocenters. The van der Waals surface area contributed by atoms with Gasteiger partial charge in [0.2, 0.25) is 11.9 Å². The number of para-hydroxylation sites is 1. The Bertz CT molecular complexity index is 1120. The van der Waals surface area contributed by atoms with Gasteiger partial charge in [-0.05, 0) is 24.6 Å². The lowest BCUT2D eigenvalue weighted by atomic mass is 10.1. The molecule has 7 nitrogen and oxygen atoms in total. The van der Waals surface area contributed by atoms with E-state index in [2.05, 4.69) is 44.4 Å². The lowest BCUT2D eigenvalue weighted by Crippen LogP contribution is -2.52. The molecule has 2 aromatic carbocycles. The monoisotopic (exact) mass is 400 g/mol. The average molecular weight is 400 g/mol. The summed E-state index contributed by atoms with van der Waals surface area (Å²) in [5.74, 6) is 1.32. The van der Waals surface area contributed by atoms with Gasteiger partial charge >= 0.3 is 0 Å². The minimum Gasteiger partial charge on any atom is -0.368 e. The van der Waals surface area contributed by atoms with Crippen LogP contribution in [0.1, 0.15) is 17.4 Å². The zero-order valence-corrected chi connectivity index (χ0v) is 16.9. The number of anilines is 2. The summed E-state index contributed by atoms with van der Waals surface area (Å²) in [5.41, 5.74) is 2.80. The summed E-state index contributed by atoms with van der Waals surface area (Å²) >= 11 is 0. The summed E-state index contributed by atoms with van der Waals surface area (Å²) < 4.78 is 1.63. The average Bonchev–Trinajstić information content (AvgIpc) is 2.79. The van der Waals surface area contributed by atoms with E-state index >= 15 is 0 Å². The summed E-state index contributed by atoms with van der Waals surface area (Å²) in [5, 5.41) is 3.31. The maximum Gasteiger partial charge on any atom is 0.257 e. The number of benzene rings is 2. The molecule has 7 heteroatoms. The number of fused-ring (bicyclic) bond motifs is 1. The third kappa shape index (κ3) is 3.43. The van der Waals surface area contributed by atoms with Crippen molar-refractivity contribution < 1.29 is 0 Å². The number of aromatic nitrogens is 2. The van der Waals surface area contributed by atoms with Crippen LogP contribution >= 0.6 is 0 Å². The molecule has 5 rings (SSSR count). The minimum absolute atomic E-state index is 0.101. The number of piperazine rings is 1. The highest BCUT2D eigenvalue weighted by molar-refractivity contribution is 5.93. The fourth-order valence-electron chi connectivity index (χ4n) is 4.06. The van der Waals surface area contributed by atoms with Crippen molar-refractivity contribution in [2.75, 3.05) is 36.4 Å². The van der Waals surface area contributed by atoms with Gasteiger partial charge in [-0.15, -0.1) is 0 Å². The summed E-state index contributed by atoms with van der Waals surface area (Å²) in [6.45, 7) is 5.35. The molecule has 0 amide bonds. The number of guanidine groups is 1. The van der Waals surface area contributed by atoms with Crippen LogP contribution in [0.25, 0.3) is 0 Å². The van der Waals surface area contributed by atoms with Crippen molar-refractivity contribution in [3.63, 3.8) is 0 Å². The van der Waals surface area contributed by atoms with Crippen LogP contribution in [-0.4, -0.2) is 46.6 Å². The number of hydrogen-bond donors (Lipinski definition) is 1. The maximum absolute atomic E-state index is 12.7. The van der Waals surface area contributed by atoms with Gasteiger partial charge in [0.05, 0.1) is 0 Å². The Morgan fingerprint density at radius 3 is 2.23 bits per heavy atom. The second-order valence-electron chi connectivity index (χ2n) is 7.60. The van der Waals surface area contributed by atoms with Gasteiger partial charge in [-0.1, -0.05) is 48.5 Å². The number of nitrogens with zero attached hydrogens (tertiary/aromatic N) is 5. The quantitative estimate of drug-likeness (QED) is 0.717. The lowest BCUT2D eigenvalue weighted by molar-refractivity contribution is 0.376. The fraction of sp³-hybridized carbons (Fsp3) is 0.261. The van der Waals surface area contributed by atoms with Crippen LogP contribution in [0, 0.1) is 6.92 Å². The molecule has 1 aromatic heterocycles. The molecule has 0 spiro atoms. The van der Waals surface area contributed by atoms with E-state index in [1.807, 2.05) is 43.3 Å². The van der Waals surface area contributed by atoms with E-state index in [9.17, 15) is 4.79 Å². The first-order valence-electron chi connectivity index (χ1n) is 10.2. The molecule has 152 valence electrons. The third-order valence-corrected chi connectivity index (χ3v) is 5.59. The smallest absolute Gasteiger partial charge is 0.257 e. The van der Waals surface area contributed by atoms with Crippen molar-refractivity contribution >= 4 is 17.6 Å². The number of nitrogens with one attached hydrogen (secondary N) is 1. The molecule has 2 aliphatic heterocycles. The van der Waals surface area contributed by atoms with Gasteiger partial charge in [0.1, 0.15) is 0 Å². The van der Waals surface area contributed by atoms with Gasteiger partial charge < -0.3 is 9.80 Å². The number of aryl methyl sites for hydroxylation is 1. The summed E-state index contributed by atoms with van der Waals surface area (Å²) in [7, 11) is 0. The van der Waals surface area contributed by atoms with E-state index in [1.165, 1.54) is 5.69 Å². The molecule has 1 saturated heterocycles. The number of hydrogen-bond acceptors (Lipinski definition) is 6. The minimum atomic E-state index is -0.426. The first-order chi connectivity index (χ1) is 14.7. The zero-order chi connectivity index (χ0) is 20.5. The topological polar surface area (TPSA) is 65.8 Å². The van der Waals surface area contributed by atoms with E-state index in [4.69, 9.17) is 4.99 Å². The van der Waals surface area contributed by atoms with Crippen LogP contribution in [-0.2, 0) is 0 Å². The fourth-order valence-corrected chi connectivity index (χ4v) is 4.06. The Labute approximate surface area is 175 Å². The largest absolute Gasteiger partial charge is 0.368 e. The number of rotatable bonds is 2. The second kappa shape index (κ2) is 7.67. The normalized spacial score (nSPS) is 18.4. The SMILES string of the molecule is Cc1cc(=O)n2c(n1)NC(N1CCN(c3ccccc3)CC1)=NC2c1ccccc1. The van der Waals surface area contributed by atoms with E-state index in [0.29, 0.717) is 11.6 Å². The molecular formula is C23H24N6O. The highest BCUT2D eigenvalue weighted by Crippen LogP contribution is 2.26. The Hall–Kier alpha value is -3.61. The Morgan fingerprint density at radius 2 is 1.53 bits per heavy atom. The lowest BCUT2D eigenvalue weighted by Gasteiger charge is -2.39. The van der Waals surface area contributed by atoms with Crippen LogP contribution in [0.5, 0.6) is 0 Å². The molecule has 1 atom stereocenters. The van der Waals surface area contributed by atoms with E-state index in [1.54, 1.807) is 10.6 Å². The standard InChI is InChI=1S/C23H24N6O/c1-17-16-20(30)29-21(18-8-4-2-5-9-18)25-22(26-23(29)24-17)28-14-12-27(13-15-28)19-10-6-3-7-11-19/h2-11,16,21H,12-15H2,1H3,(H,24,25,26). The molecule has 0 bridgehead atoms. The molecule has 1 fully saturated rings. The molecule has 1 N–H and O–H groups in total. The molecular weight excluding hydrogens is 376 g/mol. The van der Waals surface area contributed by atoms with E-state index in [-0.39, 0.29) is 5.56 Å². The van der Waals surface area contributed by atoms with Gasteiger partial charge in [-0.3, -0.25) is 14.7 Å². The van der Waals surface area contributed by atoms with Crippen LogP contribution in [0.15, 0.2) is 76.5 Å². The van der Waals surface area contributed by atoms with Gasteiger partial charge in [-0.25, -0.2) is 9.98 Å². The van der Waals surface area contributed by atoms with Gasteiger partial charge in [0, 0.05) is 43.6 Å². The Morgan fingerprint density at radius 1 is 0.900 bits per heavy atom. The molecule has 30 heavy (non-hydrogen) atoms. The Balaban J connectivity index is 1.45. The van der Waals surface area contributed by atoms with Crippen molar-refractivity contribution in [1.29, 1.82) is 0 Å². The second-order valence-corrected chi connectivity index (χ2v) is 7.60. The summed E-state index contributed by atoms with van der Waals surface area (Å²) in [4.78, 5) is 26.9. The van der Waals surface area contributed by atoms with Crippen LogP contribution in [0.4, 0.5) is 11.6 Å². The first kappa shape index (κ1) is 18.4. The predicted octanol–water partition coefficient (Wildman–Crippen LogP) is 2.70. The van der Waals surface area contributed by atoms with Crippen LogP contribution in [0.2, 0.25) is 0 Å². The van der Waals surface area contributed by atoms with Crippen molar-refractivity contribution in [3.05, 3.63) is 88.3 Å². The van der Waals surface area contributed by atoms with Crippen LogP contribution in [0.3, 0.4) is 0 Å². The molecule has 0 saturated carbocycles. The van der Waals surface area contributed by atoms with E-state index < -0.39 is 6.17 Å². The zero-order valence-electron chi connectivity index (χ0n) is 16.9. The number of aliphatic imine (C=N–C) groups is 1. The van der Waals surface area contributed by atoms with Gasteiger partial charge in [0.25, 0.3) is 5.56 Å². The molecule has 0 aliphatic carbocycles. The summed E-state index contributed by atoms with van der Waals surface area (Å²) in [6.07, 6.45) is -0.426. The van der Waals surface area contributed by atoms with Crippen molar-refractivity contribution in [2.45, 2.75) is 13.1 Å². The van der Waals surface area contributed by atoms with Gasteiger partial charge in [-0.2, -0.15) is 0 Å². The first-order valence-corrected chi connectivity index (χ1v) is 10.2. The molecule has 3 aromatic rings. The van der Waals surface area contributed by atoms with Crippen LogP contribution < -0.4 is 15.8 Å².